The lowest BCUT2D eigenvalue weighted by atomic mass is 9.88. The van der Waals surface area contributed by atoms with Crippen molar-refractivity contribution in [2.45, 2.75) is 108 Å². The lowest BCUT2D eigenvalue weighted by molar-refractivity contribution is -0.870. The Hall–Kier alpha value is -5.07. The first kappa shape index (κ1) is 64.8. The largest absolute Gasteiger partial charge is 0.737 e. The smallest absolute Gasteiger partial charge is 0.394 e. The summed E-state index contributed by atoms with van der Waals surface area (Å²) in [5.74, 6) is -3.41. The Kier molecular flexibility index (Phi) is 25.6. The number of hydrogen-bond donors (Lipinski definition) is 5. The van der Waals surface area contributed by atoms with Gasteiger partial charge in [0.05, 0.1) is 61.1 Å². The molecule has 0 spiro atoms. The lowest BCUT2D eigenvalue weighted by Crippen LogP contribution is -2.55. The van der Waals surface area contributed by atoms with Crippen molar-refractivity contribution in [2.75, 3.05) is 93.6 Å². The maximum absolute atomic E-state index is 17.7. The predicted octanol–water partition coefficient (Wildman–Crippen LogP) is 5.06. The first-order chi connectivity index (χ1) is 37.5. The van der Waals surface area contributed by atoms with E-state index in [1.165, 1.54) is 0 Å². The van der Waals surface area contributed by atoms with Crippen LogP contribution in [0.1, 0.15) is 106 Å². The molecule has 3 aliphatic heterocycles. The molecule has 2 atom stereocenters. The summed E-state index contributed by atoms with van der Waals surface area (Å²) in [7, 11) is 14.3. The Morgan fingerprint density at radius 2 is 1.47 bits per heavy atom. The molecule has 0 radical (unpaired) electrons. The summed E-state index contributed by atoms with van der Waals surface area (Å²) >= 11 is 1.39. The van der Waals surface area contributed by atoms with Gasteiger partial charge >= 0.3 is 12.9 Å². The number of aryl methyl sites for hydroxylation is 2. The minimum atomic E-state index is -4.54. The summed E-state index contributed by atoms with van der Waals surface area (Å²) in [5.41, 5.74) is 3.37. The second-order valence-corrected chi connectivity index (χ2v) is 23.6. The van der Waals surface area contributed by atoms with E-state index in [2.05, 4.69) is 77.0 Å². The summed E-state index contributed by atoms with van der Waals surface area (Å²) in [6.45, 7) is -1.54. The molecule has 438 valence electrons. The first-order valence-corrected chi connectivity index (χ1v) is 28.7. The number of carbonyl (C=O) groups excluding carboxylic acids is 6. The van der Waals surface area contributed by atoms with Gasteiger partial charge in [0.1, 0.15) is 12.1 Å². The van der Waals surface area contributed by atoms with Gasteiger partial charge in [0, 0.05) is 104 Å². The fraction of sp³-hybridized carbons (Fsp3) is 0.596. The van der Waals surface area contributed by atoms with E-state index in [4.69, 9.17) is 15.4 Å². The van der Waals surface area contributed by atoms with Gasteiger partial charge in [0.25, 0.3) is 11.8 Å². The Balaban J connectivity index is 1.27. The van der Waals surface area contributed by atoms with Gasteiger partial charge < -0.3 is 52.2 Å². The molecule has 79 heavy (non-hydrogen) atoms. The van der Waals surface area contributed by atoms with Crippen LogP contribution in [0.15, 0.2) is 53.7 Å². The topological polar surface area (TPSA) is 240 Å². The maximum Gasteiger partial charge on any atom is 0.737 e. The number of fused-ring (bicyclic) bond motifs is 2. The van der Waals surface area contributed by atoms with E-state index >= 15 is 8.63 Å². The van der Waals surface area contributed by atoms with Gasteiger partial charge in [-0.05, 0) is 101 Å². The highest BCUT2D eigenvalue weighted by molar-refractivity contribution is 7.94. The SMILES string of the molecule is CN(CCCCCC(=O)ON1C(=O)CCC1=O)CCNC(=O)C(CCCC[N+](C)(C)C)NC(=O)C(CSOOO)NC(=O)CCc1cc(CCCSOOO)c2n1[B-](F)(F)[N+]1=C(c3ccccc3)C=C(CCC[N+](C)(C)C)C1=C2. The standard InChI is InChI=1S/C52H78BF2N9O13S2/c1-59(29-14-9-12-23-50(68)73-62-48(66)26-27-49(62)67)30-28-56-51(69)42(22-13-15-31-63(2,3)4)58-52(70)43(37-79-77-75-72)57-47(65)25-24-41-34-39(21-17-33-78-76-74-71)45-36-46-40(20-16-32-64(5,6)7)35-44(38-18-10-8-11-19-38)61(46)53(54,55)60(41)45/h8,10-11,18-19,34-36,42-43H,9,12-17,20-33,37H2,1-7H3,(H3-2,56,57,58,65,69,70,71,72)/p+2. The Morgan fingerprint density at radius 1 is 0.785 bits per heavy atom. The highest BCUT2D eigenvalue weighted by atomic mass is 32.2. The number of likely N-dealkylation sites (N-methyl/N-ethyl adjacent to an activating group) is 1. The van der Waals surface area contributed by atoms with Crippen molar-refractivity contribution in [3.05, 3.63) is 76.3 Å². The second kappa shape index (κ2) is 31.2. The normalized spacial score (nSPS) is 15.9. The van der Waals surface area contributed by atoms with Gasteiger partial charge in [-0.2, -0.15) is 0 Å². The minimum Gasteiger partial charge on any atom is -0.394 e. The molecular weight excluding hydrogens is 1070 g/mol. The van der Waals surface area contributed by atoms with Crippen LogP contribution in [-0.4, -0.2) is 192 Å². The summed E-state index contributed by atoms with van der Waals surface area (Å²) in [5, 5.41) is 34.0. The number of hydroxylamine groups is 2. The van der Waals surface area contributed by atoms with Crippen molar-refractivity contribution in [1.29, 1.82) is 0 Å². The maximum atomic E-state index is 17.7. The fourth-order valence-corrected chi connectivity index (χ4v) is 10.4. The highest BCUT2D eigenvalue weighted by Crippen LogP contribution is 2.40. The van der Waals surface area contributed by atoms with Crippen LogP contribution >= 0.6 is 24.1 Å². The van der Waals surface area contributed by atoms with Crippen LogP contribution < -0.4 is 16.0 Å². The van der Waals surface area contributed by atoms with E-state index in [-0.39, 0.29) is 56.5 Å². The Bertz CT molecular complexity index is 2490. The number of nitrogens with zero attached hydrogens (tertiary/aromatic N) is 6. The van der Waals surface area contributed by atoms with E-state index in [0.717, 1.165) is 63.4 Å². The summed E-state index contributed by atoms with van der Waals surface area (Å²) in [4.78, 5) is 84.4. The van der Waals surface area contributed by atoms with Crippen LogP contribution in [0.4, 0.5) is 8.63 Å². The number of allylic oxidation sites excluding steroid dienone is 2. The van der Waals surface area contributed by atoms with Crippen molar-refractivity contribution in [2.24, 2.45) is 0 Å². The number of nitrogens with one attached hydrogen (secondary N) is 3. The molecule has 0 bridgehead atoms. The van der Waals surface area contributed by atoms with E-state index < -0.39 is 54.6 Å². The molecule has 0 aliphatic carbocycles. The van der Waals surface area contributed by atoms with E-state index in [1.807, 2.05) is 36.2 Å². The van der Waals surface area contributed by atoms with Crippen LogP contribution in [0.5, 0.6) is 0 Å². The van der Waals surface area contributed by atoms with Gasteiger partial charge in [0.15, 0.2) is 11.4 Å². The van der Waals surface area contributed by atoms with Gasteiger partial charge in [0.2, 0.25) is 17.7 Å². The third-order valence-electron chi connectivity index (χ3n) is 13.6. The number of rotatable bonds is 37. The number of halogens is 2. The molecule has 3 aliphatic rings. The fourth-order valence-electron chi connectivity index (χ4n) is 9.59. The molecule has 5 rings (SSSR count). The lowest BCUT2D eigenvalue weighted by Gasteiger charge is -2.32. The molecule has 1 aromatic heterocycles. The number of quaternary nitrogens is 2. The molecule has 5 N–H and O–H groups in total. The van der Waals surface area contributed by atoms with Crippen LogP contribution in [0.25, 0.3) is 6.08 Å². The third-order valence-corrected chi connectivity index (χ3v) is 14.8. The number of unbranched alkanes of at least 4 members (excludes halogenated alkanes) is 3. The molecular formula is C52H80BF2N9O13S2+2. The van der Waals surface area contributed by atoms with E-state index in [1.54, 1.807) is 24.3 Å². The van der Waals surface area contributed by atoms with Gasteiger partial charge in [-0.3, -0.25) is 24.0 Å². The Morgan fingerprint density at radius 3 is 2.15 bits per heavy atom. The molecule has 1 aromatic carbocycles. The van der Waals surface area contributed by atoms with Crippen LogP contribution in [-0.2, 0) is 65.2 Å². The molecule has 5 amide bonds. The average molecular weight is 1150 g/mol. The number of carbonyl (C=O) groups is 6. The molecule has 22 nitrogen and oxygen atoms in total. The molecule has 0 saturated carbocycles. The third kappa shape index (κ3) is 20.5. The second-order valence-electron chi connectivity index (χ2n) is 22.1. The van der Waals surface area contributed by atoms with E-state index in [0.29, 0.717) is 107 Å². The van der Waals surface area contributed by atoms with Crippen molar-refractivity contribution in [3.8, 4) is 0 Å². The van der Waals surface area contributed by atoms with Crippen molar-refractivity contribution in [1.82, 2.24) is 30.4 Å². The number of aromatic nitrogens is 1. The zero-order valence-corrected chi connectivity index (χ0v) is 48.2. The number of amides is 5. The van der Waals surface area contributed by atoms with Crippen molar-refractivity contribution in [3.63, 3.8) is 0 Å². The minimum absolute atomic E-state index is 0.0234. The molecule has 4 heterocycles. The van der Waals surface area contributed by atoms with Crippen LogP contribution in [0.3, 0.4) is 0 Å². The summed E-state index contributed by atoms with van der Waals surface area (Å²) < 4.78 is 48.1. The zero-order valence-electron chi connectivity index (χ0n) is 46.5. The van der Waals surface area contributed by atoms with Crippen molar-refractivity contribution >= 4 is 78.3 Å². The first-order valence-electron chi connectivity index (χ1n) is 26.9. The zero-order chi connectivity index (χ0) is 57.8. The van der Waals surface area contributed by atoms with Gasteiger partial charge in [-0.15, -0.1) is 13.7 Å². The molecule has 2 unspecified atom stereocenters. The Labute approximate surface area is 470 Å². The van der Waals surface area contributed by atoms with Gasteiger partial charge in [-0.1, -0.05) is 34.7 Å². The van der Waals surface area contributed by atoms with Crippen molar-refractivity contribution < 1.29 is 84.9 Å². The molecule has 1 fully saturated rings. The molecule has 27 heteroatoms. The summed E-state index contributed by atoms with van der Waals surface area (Å²) in [6, 6.07) is 8.42. The van der Waals surface area contributed by atoms with Gasteiger partial charge in [-0.25, -0.2) is 15.3 Å². The number of imide groups is 1. The number of benzene rings is 1. The molecule has 2 aromatic rings. The monoisotopic (exact) mass is 1150 g/mol. The van der Waals surface area contributed by atoms with Crippen LogP contribution in [0, 0.1) is 0 Å². The van der Waals surface area contributed by atoms with E-state index in [9.17, 15) is 28.8 Å². The highest BCUT2D eigenvalue weighted by Gasteiger charge is 2.54. The number of hydrogen-bond acceptors (Lipinski definition) is 16. The average Bonchev–Trinajstić information content (AvgIpc) is 3.61. The van der Waals surface area contributed by atoms with Crippen LogP contribution in [0.2, 0.25) is 0 Å². The predicted molar refractivity (Wildman–Crippen MR) is 295 cm³/mol. The molecule has 1 saturated heterocycles. The summed E-state index contributed by atoms with van der Waals surface area (Å²) in [6.07, 6.45) is 9.00. The quantitative estimate of drug-likeness (QED) is 0.0113.